The third-order valence-corrected chi connectivity index (χ3v) is 6.28. The number of rotatable bonds is 2. The highest BCUT2D eigenvalue weighted by atomic mass is 32.1. The number of thiophene rings is 1. The molecule has 0 radical (unpaired) electrons. The average Bonchev–Trinajstić information content (AvgIpc) is 3.31. The summed E-state index contributed by atoms with van der Waals surface area (Å²) in [5.41, 5.74) is 1.52. The predicted molar refractivity (Wildman–Crippen MR) is 92.2 cm³/mol. The lowest BCUT2D eigenvalue weighted by molar-refractivity contribution is 0.375. The molecule has 3 aromatic heterocycles. The molecule has 1 fully saturated rings. The van der Waals surface area contributed by atoms with Crippen LogP contribution in [0.15, 0.2) is 24.8 Å². The highest BCUT2D eigenvalue weighted by Gasteiger charge is 2.27. The molecule has 0 bridgehead atoms. The molecule has 4 heterocycles. The monoisotopic (exact) mass is 325 g/mol. The molecular weight excluding hydrogens is 306 g/mol. The lowest BCUT2D eigenvalue weighted by Crippen LogP contribution is -2.37. The van der Waals surface area contributed by atoms with Gasteiger partial charge in [-0.25, -0.2) is 9.97 Å². The van der Waals surface area contributed by atoms with E-state index in [-0.39, 0.29) is 0 Å². The van der Waals surface area contributed by atoms with Crippen LogP contribution in [0.1, 0.15) is 35.7 Å². The Morgan fingerprint density at radius 2 is 2.17 bits per heavy atom. The van der Waals surface area contributed by atoms with E-state index in [0.717, 1.165) is 18.9 Å². The van der Waals surface area contributed by atoms with E-state index in [1.54, 1.807) is 6.33 Å². The van der Waals surface area contributed by atoms with E-state index in [9.17, 15) is 0 Å². The molecule has 118 valence electrons. The van der Waals surface area contributed by atoms with Crippen LogP contribution in [0, 0.1) is 0 Å². The summed E-state index contributed by atoms with van der Waals surface area (Å²) in [6.45, 7) is 2.06. The zero-order valence-electron chi connectivity index (χ0n) is 13.0. The molecule has 23 heavy (non-hydrogen) atoms. The summed E-state index contributed by atoms with van der Waals surface area (Å²) < 4.78 is 2.10. The quantitative estimate of drug-likeness (QED) is 0.726. The molecule has 1 unspecified atom stereocenters. The minimum atomic E-state index is 0.440. The molecule has 5 rings (SSSR count). The summed E-state index contributed by atoms with van der Waals surface area (Å²) in [6.07, 6.45) is 11.7. The van der Waals surface area contributed by atoms with E-state index >= 15 is 0 Å². The molecule has 0 N–H and O–H groups in total. The van der Waals surface area contributed by atoms with Crippen LogP contribution in [-0.2, 0) is 12.8 Å². The summed E-state index contributed by atoms with van der Waals surface area (Å²) in [4.78, 5) is 14.4. The maximum atomic E-state index is 4.69. The van der Waals surface area contributed by atoms with Gasteiger partial charge in [0.25, 0.3) is 0 Å². The largest absolute Gasteiger partial charge is 0.354 e. The minimum absolute atomic E-state index is 0.440. The van der Waals surface area contributed by atoms with Gasteiger partial charge in [0.1, 0.15) is 17.0 Å². The first-order chi connectivity index (χ1) is 11.4. The Morgan fingerprint density at radius 3 is 3.09 bits per heavy atom. The first-order valence-electron chi connectivity index (χ1n) is 8.39. The Hall–Kier alpha value is -1.95. The van der Waals surface area contributed by atoms with Crippen LogP contribution in [0.2, 0.25) is 0 Å². The number of aromatic nitrogens is 4. The fraction of sp³-hybridized carbons (Fsp3) is 0.471. The van der Waals surface area contributed by atoms with Gasteiger partial charge in [0, 0.05) is 30.4 Å². The van der Waals surface area contributed by atoms with Crippen LogP contribution < -0.4 is 4.90 Å². The van der Waals surface area contributed by atoms with Crippen molar-refractivity contribution in [3.8, 4) is 0 Å². The van der Waals surface area contributed by atoms with Crippen LogP contribution in [0.25, 0.3) is 10.2 Å². The van der Waals surface area contributed by atoms with Gasteiger partial charge in [-0.2, -0.15) is 5.10 Å². The maximum Gasteiger partial charge on any atom is 0.141 e. The number of piperidine rings is 1. The molecule has 0 saturated carbocycles. The number of hydrogen-bond donors (Lipinski definition) is 0. The number of nitrogens with zero attached hydrogens (tertiary/aromatic N) is 5. The molecule has 1 aliphatic heterocycles. The molecule has 2 aliphatic rings. The molecule has 3 aromatic rings. The Bertz CT molecular complexity index is 838. The van der Waals surface area contributed by atoms with Crippen LogP contribution >= 0.6 is 11.3 Å². The molecule has 1 saturated heterocycles. The summed E-state index contributed by atoms with van der Waals surface area (Å²) in [5.74, 6) is 1.14. The normalized spacial score (nSPS) is 21.0. The van der Waals surface area contributed by atoms with Crippen molar-refractivity contribution in [2.75, 3.05) is 18.0 Å². The highest BCUT2D eigenvalue weighted by molar-refractivity contribution is 7.19. The predicted octanol–water partition coefficient (Wildman–Crippen LogP) is 3.22. The van der Waals surface area contributed by atoms with Crippen LogP contribution in [0.4, 0.5) is 5.82 Å². The van der Waals surface area contributed by atoms with Crippen LogP contribution in [-0.4, -0.2) is 32.8 Å². The lowest BCUT2D eigenvalue weighted by atomic mass is 10.0. The Balaban J connectivity index is 1.55. The smallest absolute Gasteiger partial charge is 0.141 e. The van der Waals surface area contributed by atoms with E-state index in [4.69, 9.17) is 0 Å². The van der Waals surface area contributed by atoms with Crippen molar-refractivity contribution >= 4 is 27.4 Å². The van der Waals surface area contributed by atoms with Crippen molar-refractivity contribution in [1.82, 2.24) is 19.7 Å². The maximum absolute atomic E-state index is 4.69. The molecule has 0 spiro atoms. The molecule has 6 heteroatoms. The number of fused-ring (bicyclic) bond motifs is 3. The zero-order chi connectivity index (χ0) is 15.2. The number of aryl methyl sites for hydroxylation is 2. The first-order valence-corrected chi connectivity index (χ1v) is 9.21. The van der Waals surface area contributed by atoms with E-state index < -0.39 is 0 Å². The first kappa shape index (κ1) is 13.5. The minimum Gasteiger partial charge on any atom is -0.354 e. The van der Waals surface area contributed by atoms with Gasteiger partial charge in [0.15, 0.2) is 0 Å². The molecule has 1 aliphatic carbocycles. The van der Waals surface area contributed by atoms with Crippen molar-refractivity contribution in [2.24, 2.45) is 0 Å². The fourth-order valence-electron chi connectivity index (χ4n) is 4.01. The van der Waals surface area contributed by atoms with Gasteiger partial charge in [-0.05, 0) is 43.7 Å². The summed E-state index contributed by atoms with van der Waals surface area (Å²) >= 11 is 1.87. The number of hydrogen-bond acceptors (Lipinski definition) is 5. The van der Waals surface area contributed by atoms with Gasteiger partial charge in [-0.1, -0.05) is 0 Å². The molecular formula is C17H19N5S. The van der Waals surface area contributed by atoms with Crippen molar-refractivity contribution in [2.45, 2.75) is 38.1 Å². The van der Waals surface area contributed by atoms with Crippen molar-refractivity contribution < 1.29 is 0 Å². The van der Waals surface area contributed by atoms with E-state index in [0.29, 0.717) is 6.04 Å². The van der Waals surface area contributed by atoms with E-state index in [2.05, 4.69) is 30.8 Å². The highest BCUT2D eigenvalue weighted by Crippen LogP contribution is 2.41. The van der Waals surface area contributed by atoms with Gasteiger partial charge >= 0.3 is 0 Å². The summed E-state index contributed by atoms with van der Waals surface area (Å²) in [7, 11) is 0. The summed E-state index contributed by atoms with van der Waals surface area (Å²) in [6, 6.07) is 2.45. The second-order valence-corrected chi connectivity index (χ2v) is 7.55. The molecule has 5 nitrogen and oxygen atoms in total. The van der Waals surface area contributed by atoms with Crippen molar-refractivity contribution in [1.29, 1.82) is 0 Å². The SMILES string of the molecule is c1cnn(C2CCCN(c3ncnc4sc5c(c34)CCC5)C2)c1. The summed E-state index contributed by atoms with van der Waals surface area (Å²) in [5, 5.41) is 5.76. The van der Waals surface area contributed by atoms with Gasteiger partial charge in [-0.3, -0.25) is 4.68 Å². The van der Waals surface area contributed by atoms with E-state index in [1.807, 2.05) is 23.6 Å². The van der Waals surface area contributed by atoms with Gasteiger partial charge in [-0.15, -0.1) is 11.3 Å². The average molecular weight is 325 g/mol. The van der Waals surface area contributed by atoms with Gasteiger partial charge < -0.3 is 4.90 Å². The Morgan fingerprint density at radius 1 is 1.17 bits per heavy atom. The van der Waals surface area contributed by atoms with Crippen LogP contribution in [0.3, 0.4) is 0 Å². The standard InChI is InChI=1S/C17H19N5S/c1-5-13-14(6-1)23-17-15(13)16(18-11-19-17)21-8-2-4-12(10-21)22-9-3-7-20-22/h3,7,9,11-12H,1-2,4-6,8,10H2. The van der Waals surface area contributed by atoms with E-state index in [1.165, 1.54) is 52.8 Å². The molecule has 0 amide bonds. The topological polar surface area (TPSA) is 46.8 Å². The Kier molecular flexibility index (Phi) is 3.11. The third kappa shape index (κ3) is 2.16. The van der Waals surface area contributed by atoms with Crippen LogP contribution in [0.5, 0.6) is 0 Å². The fourth-order valence-corrected chi connectivity index (χ4v) is 5.23. The second kappa shape index (κ2) is 5.30. The third-order valence-electron chi connectivity index (χ3n) is 5.08. The lowest BCUT2D eigenvalue weighted by Gasteiger charge is -2.34. The molecule has 0 aromatic carbocycles. The van der Waals surface area contributed by atoms with Crippen molar-refractivity contribution in [3.63, 3.8) is 0 Å². The Labute approximate surface area is 139 Å². The second-order valence-electron chi connectivity index (χ2n) is 6.46. The van der Waals surface area contributed by atoms with Crippen molar-refractivity contribution in [3.05, 3.63) is 35.2 Å². The number of anilines is 1. The molecule has 1 atom stereocenters. The van der Waals surface area contributed by atoms with Gasteiger partial charge in [0.2, 0.25) is 0 Å². The zero-order valence-corrected chi connectivity index (χ0v) is 13.8. The van der Waals surface area contributed by atoms with Gasteiger partial charge in [0.05, 0.1) is 11.4 Å².